The van der Waals surface area contributed by atoms with E-state index in [0.29, 0.717) is 5.56 Å². The summed E-state index contributed by atoms with van der Waals surface area (Å²) in [4.78, 5) is 3.75. The van der Waals surface area contributed by atoms with Gasteiger partial charge in [0.2, 0.25) is 0 Å². The molecule has 0 aliphatic heterocycles. The monoisotopic (exact) mass is 455 g/mol. The van der Waals surface area contributed by atoms with Crippen LogP contribution in [0.25, 0.3) is 0 Å². The van der Waals surface area contributed by atoms with Gasteiger partial charge in [-0.15, -0.1) is 11.3 Å². The molecule has 0 atom stereocenters. The van der Waals surface area contributed by atoms with Gasteiger partial charge in [-0.1, -0.05) is 6.07 Å². The number of aryl methyl sites for hydroxylation is 1. The molecule has 2 aromatic carbocycles. The standard InChI is InChI=1S/C18H18FN3O4S3/c1-12-4-9-16(28(23,24)21-18-20-10-11-27-18)13(2)17(12)22(3)29(25,26)15-7-5-14(19)6-8-15/h4-11H,1-3H3,(H,20,21). The summed E-state index contributed by atoms with van der Waals surface area (Å²) < 4.78 is 68.2. The van der Waals surface area contributed by atoms with Crippen molar-refractivity contribution in [2.45, 2.75) is 23.6 Å². The molecule has 29 heavy (non-hydrogen) atoms. The number of nitrogens with one attached hydrogen (secondary N) is 1. The van der Waals surface area contributed by atoms with Crippen molar-refractivity contribution in [3.05, 3.63) is 64.9 Å². The molecule has 0 bridgehead atoms. The second kappa shape index (κ2) is 7.73. The smallest absolute Gasteiger partial charge is 0.264 e. The van der Waals surface area contributed by atoms with Crippen LogP contribution in [0.2, 0.25) is 0 Å². The number of halogens is 1. The highest BCUT2D eigenvalue weighted by Gasteiger charge is 2.28. The summed E-state index contributed by atoms with van der Waals surface area (Å²) in [5.74, 6) is -0.555. The lowest BCUT2D eigenvalue weighted by atomic mass is 10.1. The van der Waals surface area contributed by atoms with Gasteiger partial charge in [0, 0.05) is 18.6 Å². The summed E-state index contributed by atoms with van der Waals surface area (Å²) in [6.07, 6.45) is 1.47. The van der Waals surface area contributed by atoms with E-state index in [-0.39, 0.29) is 26.2 Å². The third-order valence-electron chi connectivity index (χ3n) is 4.31. The first kappa shape index (κ1) is 21.2. The summed E-state index contributed by atoms with van der Waals surface area (Å²) in [5.41, 5.74) is 1.07. The van der Waals surface area contributed by atoms with Gasteiger partial charge in [0.15, 0.2) is 5.13 Å². The zero-order valence-electron chi connectivity index (χ0n) is 15.7. The number of nitrogens with zero attached hydrogens (tertiary/aromatic N) is 2. The number of benzene rings is 2. The van der Waals surface area contributed by atoms with E-state index in [9.17, 15) is 21.2 Å². The fourth-order valence-electron chi connectivity index (χ4n) is 2.92. The first-order valence-electron chi connectivity index (χ1n) is 8.31. The van der Waals surface area contributed by atoms with Gasteiger partial charge in [-0.2, -0.15) is 0 Å². The van der Waals surface area contributed by atoms with Gasteiger partial charge in [0.1, 0.15) is 5.82 Å². The molecule has 0 saturated heterocycles. The van der Waals surface area contributed by atoms with Crippen molar-refractivity contribution in [1.29, 1.82) is 0 Å². The Bertz CT molecular complexity index is 1240. The van der Waals surface area contributed by atoms with Crippen molar-refractivity contribution in [2.24, 2.45) is 0 Å². The number of hydrogen-bond donors (Lipinski definition) is 1. The summed E-state index contributed by atoms with van der Waals surface area (Å²) in [6, 6.07) is 7.39. The summed E-state index contributed by atoms with van der Waals surface area (Å²) in [6.45, 7) is 3.22. The van der Waals surface area contributed by atoms with Gasteiger partial charge >= 0.3 is 0 Å². The van der Waals surface area contributed by atoms with Crippen molar-refractivity contribution in [2.75, 3.05) is 16.1 Å². The van der Waals surface area contributed by atoms with Gasteiger partial charge in [0.05, 0.1) is 15.5 Å². The van der Waals surface area contributed by atoms with Crippen LogP contribution in [0, 0.1) is 19.7 Å². The average Bonchev–Trinajstić information content (AvgIpc) is 3.14. The predicted molar refractivity (Wildman–Crippen MR) is 111 cm³/mol. The van der Waals surface area contributed by atoms with E-state index in [1.165, 1.54) is 32.3 Å². The van der Waals surface area contributed by atoms with E-state index in [2.05, 4.69) is 9.71 Å². The molecule has 0 spiro atoms. The lowest BCUT2D eigenvalue weighted by molar-refractivity contribution is 0.591. The van der Waals surface area contributed by atoms with Crippen LogP contribution in [0.4, 0.5) is 15.2 Å². The lowest BCUT2D eigenvalue weighted by Gasteiger charge is -2.25. The Kier molecular flexibility index (Phi) is 5.65. The molecule has 0 unspecified atom stereocenters. The van der Waals surface area contributed by atoms with Gasteiger partial charge in [-0.3, -0.25) is 9.03 Å². The molecule has 3 aromatic rings. The Hall–Kier alpha value is -2.50. The van der Waals surface area contributed by atoms with Crippen molar-refractivity contribution in [3.63, 3.8) is 0 Å². The van der Waals surface area contributed by atoms with Crippen molar-refractivity contribution in [3.8, 4) is 0 Å². The molecule has 11 heteroatoms. The van der Waals surface area contributed by atoms with Crippen molar-refractivity contribution < 1.29 is 21.2 Å². The molecule has 3 rings (SSSR count). The normalized spacial score (nSPS) is 12.0. The zero-order chi connectivity index (χ0) is 21.4. The average molecular weight is 456 g/mol. The van der Waals surface area contributed by atoms with Crippen LogP contribution in [-0.4, -0.2) is 28.9 Å². The number of anilines is 2. The zero-order valence-corrected chi connectivity index (χ0v) is 18.2. The van der Waals surface area contributed by atoms with E-state index in [0.717, 1.165) is 39.9 Å². The summed E-state index contributed by atoms with van der Waals surface area (Å²) >= 11 is 1.13. The second-order valence-corrected chi connectivity index (χ2v) is 10.7. The van der Waals surface area contributed by atoms with Gasteiger partial charge < -0.3 is 0 Å². The van der Waals surface area contributed by atoms with Crippen LogP contribution in [0.1, 0.15) is 11.1 Å². The number of thiazole rings is 1. The Morgan fingerprint density at radius 3 is 2.28 bits per heavy atom. The predicted octanol–water partition coefficient (Wildman–Crippen LogP) is 3.52. The number of hydrogen-bond acceptors (Lipinski definition) is 6. The third kappa shape index (κ3) is 4.11. The summed E-state index contributed by atoms with van der Waals surface area (Å²) in [7, 11) is -6.67. The second-order valence-electron chi connectivity index (χ2n) is 6.22. The number of rotatable bonds is 6. The molecule has 0 aliphatic carbocycles. The van der Waals surface area contributed by atoms with Gasteiger partial charge in [0.25, 0.3) is 20.0 Å². The molecule has 0 fully saturated rings. The lowest BCUT2D eigenvalue weighted by Crippen LogP contribution is -2.28. The fraction of sp³-hybridized carbons (Fsp3) is 0.167. The Labute approximate surface area is 172 Å². The van der Waals surface area contributed by atoms with Crippen molar-refractivity contribution >= 4 is 42.2 Å². The summed E-state index contributed by atoms with van der Waals surface area (Å²) in [5, 5.41) is 1.84. The third-order valence-corrected chi connectivity index (χ3v) is 8.39. The van der Waals surface area contributed by atoms with Crippen LogP contribution >= 0.6 is 11.3 Å². The Balaban J connectivity index is 2.08. The molecule has 0 aliphatic rings. The maximum absolute atomic E-state index is 13.2. The van der Waals surface area contributed by atoms with E-state index >= 15 is 0 Å². The molecule has 1 aromatic heterocycles. The molecular weight excluding hydrogens is 437 g/mol. The highest BCUT2D eigenvalue weighted by atomic mass is 32.2. The minimum Gasteiger partial charge on any atom is -0.269 e. The van der Waals surface area contributed by atoms with Gasteiger partial charge in [-0.25, -0.2) is 26.2 Å². The van der Waals surface area contributed by atoms with Crippen LogP contribution in [0.5, 0.6) is 0 Å². The van der Waals surface area contributed by atoms with E-state index in [1.54, 1.807) is 12.3 Å². The maximum atomic E-state index is 13.2. The van der Waals surface area contributed by atoms with Crippen LogP contribution < -0.4 is 9.03 Å². The van der Waals surface area contributed by atoms with Crippen LogP contribution in [0.15, 0.2) is 57.8 Å². The topological polar surface area (TPSA) is 96.4 Å². The number of aromatic nitrogens is 1. The minimum absolute atomic E-state index is 0.0607. The molecule has 7 nitrogen and oxygen atoms in total. The molecule has 1 N–H and O–H groups in total. The number of sulfonamides is 2. The Morgan fingerprint density at radius 2 is 1.69 bits per heavy atom. The molecule has 0 amide bonds. The largest absolute Gasteiger partial charge is 0.269 e. The first-order chi connectivity index (χ1) is 13.5. The highest BCUT2D eigenvalue weighted by Crippen LogP contribution is 2.33. The highest BCUT2D eigenvalue weighted by molar-refractivity contribution is 7.93. The van der Waals surface area contributed by atoms with E-state index in [4.69, 9.17) is 0 Å². The maximum Gasteiger partial charge on any atom is 0.264 e. The quantitative estimate of drug-likeness (QED) is 0.613. The molecule has 0 saturated carbocycles. The molecule has 1 heterocycles. The first-order valence-corrected chi connectivity index (χ1v) is 12.1. The molecular formula is C18H18FN3O4S3. The van der Waals surface area contributed by atoms with E-state index < -0.39 is 25.9 Å². The van der Waals surface area contributed by atoms with Gasteiger partial charge in [-0.05, 0) is 55.3 Å². The molecule has 0 radical (unpaired) electrons. The SMILES string of the molecule is Cc1ccc(S(=O)(=O)Nc2nccs2)c(C)c1N(C)S(=O)(=O)c1ccc(F)cc1. The fourth-order valence-corrected chi connectivity index (χ4v) is 6.27. The Morgan fingerprint density at radius 1 is 1.03 bits per heavy atom. The van der Waals surface area contributed by atoms with E-state index in [1.807, 2.05) is 0 Å². The van der Waals surface area contributed by atoms with Crippen LogP contribution in [0.3, 0.4) is 0 Å². The van der Waals surface area contributed by atoms with Crippen LogP contribution in [-0.2, 0) is 20.0 Å². The van der Waals surface area contributed by atoms with Crippen molar-refractivity contribution in [1.82, 2.24) is 4.98 Å². The molecule has 154 valence electrons. The minimum atomic E-state index is -4.02.